The number of phenols is 2. The van der Waals surface area contributed by atoms with Gasteiger partial charge in [-0.25, -0.2) is 9.67 Å². The molecule has 3 heterocycles. The lowest BCUT2D eigenvalue weighted by Gasteiger charge is -2.02. The van der Waals surface area contributed by atoms with E-state index in [1.54, 1.807) is 29.4 Å². The monoisotopic (exact) mass is 428 g/mol. The molecule has 2 aromatic carbocycles. The average molecular weight is 428 g/mol. The Bertz CT molecular complexity index is 1430. The van der Waals surface area contributed by atoms with Crippen molar-refractivity contribution in [1.29, 1.82) is 0 Å². The highest BCUT2D eigenvalue weighted by Gasteiger charge is 2.13. The van der Waals surface area contributed by atoms with E-state index in [2.05, 4.69) is 15.1 Å². The molecular formula is C23H16N4O3S. The van der Waals surface area contributed by atoms with Crippen molar-refractivity contribution < 1.29 is 14.6 Å². The van der Waals surface area contributed by atoms with Crippen LogP contribution < -0.4 is 4.80 Å². The van der Waals surface area contributed by atoms with Crippen molar-refractivity contribution in [2.24, 2.45) is 10.1 Å². The van der Waals surface area contributed by atoms with E-state index in [0.717, 1.165) is 16.7 Å². The van der Waals surface area contributed by atoms with Gasteiger partial charge in [-0.1, -0.05) is 18.2 Å². The van der Waals surface area contributed by atoms with Crippen molar-refractivity contribution in [2.75, 3.05) is 0 Å². The third kappa shape index (κ3) is 3.84. The number of aromatic hydroxyl groups is 2. The van der Waals surface area contributed by atoms with Gasteiger partial charge in [0.15, 0.2) is 17.3 Å². The molecule has 3 aromatic heterocycles. The SMILES string of the molecule is Oc1ccc(C=Nn2c(-c3cc4ccccc4o3)csc2=Nc2cccnc2)cc1O. The first-order valence-corrected chi connectivity index (χ1v) is 10.3. The van der Waals surface area contributed by atoms with Gasteiger partial charge in [-0.3, -0.25) is 4.98 Å². The van der Waals surface area contributed by atoms with Crippen LogP contribution in [0.25, 0.3) is 22.4 Å². The number of rotatable bonds is 4. The Balaban J connectivity index is 1.65. The summed E-state index contributed by atoms with van der Waals surface area (Å²) in [5.74, 6) is 0.267. The van der Waals surface area contributed by atoms with Crippen molar-refractivity contribution in [3.8, 4) is 23.0 Å². The minimum atomic E-state index is -0.211. The lowest BCUT2D eigenvalue weighted by atomic mass is 10.2. The number of hydrogen-bond donors (Lipinski definition) is 2. The molecular weight excluding hydrogens is 412 g/mol. The summed E-state index contributed by atoms with van der Waals surface area (Å²) in [6, 6.07) is 17.9. The highest BCUT2D eigenvalue weighted by Crippen LogP contribution is 2.28. The van der Waals surface area contributed by atoms with E-state index in [4.69, 9.17) is 4.42 Å². The van der Waals surface area contributed by atoms with Crippen molar-refractivity contribution >= 4 is 34.2 Å². The molecule has 5 rings (SSSR count). The van der Waals surface area contributed by atoms with E-state index in [1.165, 1.54) is 23.5 Å². The summed E-state index contributed by atoms with van der Waals surface area (Å²) >= 11 is 1.42. The van der Waals surface area contributed by atoms with Crippen molar-refractivity contribution in [3.05, 3.63) is 88.8 Å². The van der Waals surface area contributed by atoms with Crippen molar-refractivity contribution in [1.82, 2.24) is 9.66 Å². The average Bonchev–Trinajstić information content (AvgIpc) is 3.39. The molecule has 0 radical (unpaired) electrons. The molecule has 0 saturated heterocycles. The van der Waals surface area contributed by atoms with Crippen LogP contribution in [0.2, 0.25) is 0 Å². The van der Waals surface area contributed by atoms with E-state index < -0.39 is 0 Å². The molecule has 0 fully saturated rings. The van der Waals surface area contributed by atoms with Crippen LogP contribution in [-0.4, -0.2) is 26.1 Å². The van der Waals surface area contributed by atoms with Gasteiger partial charge in [-0.15, -0.1) is 11.3 Å². The minimum Gasteiger partial charge on any atom is -0.504 e. The first-order valence-electron chi connectivity index (χ1n) is 9.38. The molecule has 0 saturated carbocycles. The summed E-state index contributed by atoms with van der Waals surface area (Å²) in [6.07, 6.45) is 4.95. The summed E-state index contributed by atoms with van der Waals surface area (Å²) in [5.41, 5.74) is 2.85. The fourth-order valence-electron chi connectivity index (χ4n) is 3.04. The molecule has 2 N–H and O–H groups in total. The zero-order valence-electron chi connectivity index (χ0n) is 16.1. The number of pyridine rings is 1. The normalized spacial score (nSPS) is 12.2. The molecule has 152 valence electrons. The lowest BCUT2D eigenvalue weighted by Crippen LogP contribution is -2.11. The third-order valence-corrected chi connectivity index (χ3v) is 5.37. The molecule has 31 heavy (non-hydrogen) atoms. The maximum absolute atomic E-state index is 9.76. The number of fused-ring (bicyclic) bond motifs is 1. The van der Waals surface area contributed by atoms with Gasteiger partial charge in [-0.2, -0.15) is 5.10 Å². The standard InChI is InChI=1S/C23H16N4O3S/c28-19-8-7-15(10-20(19)29)12-25-27-18(22-11-16-4-1-2-6-21(16)30-22)14-31-23(27)26-17-5-3-9-24-13-17/h1-14,28-29H. The second-order valence-electron chi connectivity index (χ2n) is 6.68. The molecule has 7 nitrogen and oxygen atoms in total. The van der Waals surface area contributed by atoms with Gasteiger partial charge in [0.05, 0.1) is 18.1 Å². The quantitative estimate of drug-likeness (QED) is 0.315. The Labute approximate surface area is 180 Å². The van der Waals surface area contributed by atoms with Crippen LogP contribution in [0.5, 0.6) is 11.5 Å². The number of hydrogen-bond acceptors (Lipinski definition) is 7. The van der Waals surface area contributed by atoms with Crippen LogP contribution in [0.1, 0.15) is 5.56 Å². The van der Waals surface area contributed by atoms with Crippen LogP contribution in [0.15, 0.2) is 92.9 Å². The number of phenolic OH excluding ortho intramolecular Hbond substituents is 2. The maximum atomic E-state index is 9.76. The van der Waals surface area contributed by atoms with Gasteiger partial charge in [-0.05, 0) is 48.0 Å². The Kier molecular flexibility index (Phi) is 4.81. The molecule has 8 heteroatoms. The van der Waals surface area contributed by atoms with E-state index in [9.17, 15) is 10.2 Å². The zero-order valence-corrected chi connectivity index (χ0v) is 16.9. The van der Waals surface area contributed by atoms with Gasteiger partial charge < -0.3 is 14.6 Å². The topological polar surface area (TPSA) is 96.1 Å². The second-order valence-corrected chi connectivity index (χ2v) is 7.52. The Morgan fingerprint density at radius 3 is 2.71 bits per heavy atom. The van der Waals surface area contributed by atoms with Crippen molar-refractivity contribution in [3.63, 3.8) is 0 Å². The van der Waals surface area contributed by atoms with Gasteiger partial charge in [0.2, 0.25) is 4.80 Å². The smallest absolute Gasteiger partial charge is 0.211 e. The Morgan fingerprint density at radius 1 is 1.00 bits per heavy atom. The summed E-state index contributed by atoms with van der Waals surface area (Å²) in [7, 11) is 0. The Hall–Kier alpha value is -4.17. The summed E-state index contributed by atoms with van der Waals surface area (Å²) in [6.45, 7) is 0. The zero-order chi connectivity index (χ0) is 21.2. The van der Waals surface area contributed by atoms with Crippen molar-refractivity contribution in [2.45, 2.75) is 0 Å². The van der Waals surface area contributed by atoms with Crippen LogP contribution in [0.4, 0.5) is 5.69 Å². The van der Waals surface area contributed by atoms with Crippen LogP contribution in [0.3, 0.4) is 0 Å². The molecule has 0 spiro atoms. The highest BCUT2D eigenvalue weighted by molar-refractivity contribution is 7.07. The van der Waals surface area contributed by atoms with Gasteiger partial charge >= 0.3 is 0 Å². The van der Waals surface area contributed by atoms with E-state index in [1.807, 2.05) is 47.8 Å². The number of para-hydroxylation sites is 1. The molecule has 0 aliphatic carbocycles. The molecule has 0 unspecified atom stereocenters. The van der Waals surface area contributed by atoms with Gasteiger partial charge in [0.1, 0.15) is 11.3 Å². The predicted octanol–water partition coefficient (Wildman–Crippen LogP) is 4.88. The van der Waals surface area contributed by atoms with E-state index in [0.29, 0.717) is 21.8 Å². The number of aromatic nitrogens is 2. The van der Waals surface area contributed by atoms with Crippen LogP contribution >= 0.6 is 11.3 Å². The molecule has 0 aliphatic rings. The van der Waals surface area contributed by atoms with Crippen LogP contribution in [0, 0.1) is 0 Å². The number of thiazole rings is 1. The largest absolute Gasteiger partial charge is 0.504 e. The fraction of sp³-hybridized carbons (Fsp3) is 0. The number of nitrogens with zero attached hydrogens (tertiary/aromatic N) is 4. The first-order chi connectivity index (χ1) is 15.2. The van der Waals surface area contributed by atoms with E-state index >= 15 is 0 Å². The summed E-state index contributed by atoms with van der Waals surface area (Å²) in [4.78, 5) is 9.40. The predicted molar refractivity (Wildman–Crippen MR) is 120 cm³/mol. The van der Waals surface area contributed by atoms with E-state index in [-0.39, 0.29) is 11.5 Å². The maximum Gasteiger partial charge on any atom is 0.211 e. The van der Waals surface area contributed by atoms with Crippen LogP contribution in [-0.2, 0) is 0 Å². The first kappa shape index (κ1) is 18.8. The molecule has 0 bridgehead atoms. The lowest BCUT2D eigenvalue weighted by molar-refractivity contribution is 0.403. The minimum absolute atomic E-state index is 0.185. The number of furan rings is 1. The fourth-order valence-corrected chi connectivity index (χ4v) is 3.88. The molecule has 5 aromatic rings. The van der Waals surface area contributed by atoms with Gasteiger partial charge in [0, 0.05) is 17.0 Å². The summed E-state index contributed by atoms with van der Waals surface area (Å²) < 4.78 is 7.71. The second kappa shape index (κ2) is 7.92. The number of benzene rings is 2. The molecule has 0 atom stereocenters. The molecule has 0 aliphatic heterocycles. The highest BCUT2D eigenvalue weighted by atomic mass is 32.1. The third-order valence-electron chi connectivity index (χ3n) is 4.56. The van der Waals surface area contributed by atoms with Gasteiger partial charge in [0.25, 0.3) is 0 Å². The molecule has 0 amide bonds. The Morgan fingerprint density at radius 2 is 1.90 bits per heavy atom. The summed E-state index contributed by atoms with van der Waals surface area (Å²) in [5, 5.41) is 26.8.